The van der Waals surface area contributed by atoms with Gasteiger partial charge in [-0.05, 0) is 36.6 Å². The molecule has 0 heterocycles. The summed E-state index contributed by atoms with van der Waals surface area (Å²) in [5, 5.41) is 42.4. The predicted molar refractivity (Wildman–Crippen MR) is 116 cm³/mol. The lowest BCUT2D eigenvalue weighted by Gasteiger charge is -2.35. The van der Waals surface area contributed by atoms with Gasteiger partial charge in [0, 0.05) is 37.3 Å². The third kappa shape index (κ3) is 2.81. The number of anilines is 1. The number of hydrogen-bond donors (Lipinski definition) is 5. The summed E-state index contributed by atoms with van der Waals surface area (Å²) in [7, 11) is 3.47. The Morgan fingerprint density at radius 1 is 1.06 bits per heavy atom. The molecule has 1 atom stereocenters. The van der Waals surface area contributed by atoms with E-state index in [1.54, 1.807) is 19.0 Å². The summed E-state index contributed by atoms with van der Waals surface area (Å²) in [5.41, 5.74) is 6.32. The van der Waals surface area contributed by atoms with Gasteiger partial charge in [0.1, 0.15) is 28.6 Å². The number of nitrogens with zero attached hydrogens (tertiary/aromatic N) is 1. The number of rotatable bonds is 3. The van der Waals surface area contributed by atoms with E-state index < -0.39 is 46.2 Å². The molecule has 1 amide bonds. The minimum Gasteiger partial charge on any atom is -0.507 e. The van der Waals surface area contributed by atoms with Crippen LogP contribution in [0.2, 0.25) is 0 Å². The zero-order valence-electron chi connectivity index (χ0n) is 17.7. The van der Waals surface area contributed by atoms with Gasteiger partial charge in [-0.15, -0.1) is 0 Å². The van der Waals surface area contributed by atoms with Crippen molar-refractivity contribution >= 4 is 28.9 Å². The molecule has 9 heteroatoms. The Hall–Kier alpha value is -4.01. The largest absolute Gasteiger partial charge is 0.507 e. The number of benzene rings is 2. The number of aliphatic hydroxyl groups excluding tert-OH is 1. The Kier molecular flexibility index (Phi) is 4.65. The number of Topliss-reactive ketones (excluding diaryl/α,β-unsaturated/α-hetero) is 2. The molecule has 2 aromatic carbocycles. The molecular weight excluding hydrogens is 416 g/mol. The molecule has 6 N–H and O–H groups in total. The average Bonchev–Trinajstić information content (AvgIpc) is 2.69. The van der Waals surface area contributed by atoms with Crippen LogP contribution in [0.5, 0.6) is 17.2 Å². The average molecular weight is 438 g/mol. The standard InChI is InChI=1S/C23H22N2O7/c1-8(26)9-6-15(25(2)3)14-5-10-11(21(30)17(14)20(9)29)4-12-13(19(10)28)7-16(27)18(22(12)31)23(24)32/h6-7,11,27-29,31H,4-5H2,1-3H3,(H2,24,32). The zero-order valence-corrected chi connectivity index (χ0v) is 17.7. The molecule has 0 spiro atoms. The first-order valence-electron chi connectivity index (χ1n) is 9.86. The molecule has 0 bridgehead atoms. The van der Waals surface area contributed by atoms with Crippen LogP contribution in [0.3, 0.4) is 0 Å². The first-order valence-corrected chi connectivity index (χ1v) is 9.86. The van der Waals surface area contributed by atoms with E-state index in [0.717, 1.165) is 6.07 Å². The summed E-state index contributed by atoms with van der Waals surface area (Å²) in [4.78, 5) is 39.0. The number of phenolic OH excluding ortho intramolecular Hbond substituents is 1. The van der Waals surface area contributed by atoms with E-state index in [1.807, 2.05) is 0 Å². The number of ketones is 2. The molecular formula is C23H22N2O7. The summed E-state index contributed by atoms with van der Waals surface area (Å²) >= 11 is 0. The number of nitrogens with two attached hydrogens (primary N) is 1. The molecule has 0 aliphatic heterocycles. The van der Waals surface area contributed by atoms with Crippen LogP contribution in [0.1, 0.15) is 54.7 Å². The first-order chi connectivity index (χ1) is 15.0. The number of carbonyl (C=O) groups is 3. The Morgan fingerprint density at radius 2 is 1.72 bits per heavy atom. The topological polar surface area (TPSA) is 161 Å². The van der Waals surface area contributed by atoms with Crippen molar-refractivity contribution in [1.29, 1.82) is 0 Å². The molecule has 0 saturated carbocycles. The van der Waals surface area contributed by atoms with E-state index in [1.165, 1.54) is 13.0 Å². The number of hydrogen-bond acceptors (Lipinski definition) is 8. The SMILES string of the molecule is CC(=O)c1cc(N(C)C)c2c(c1O)C(=O)C1Cc3c(cc(O)c(C(N)=O)c3O)C(O)=C1C2. The number of aliphatic hydroxyl groups is 1. The zero-order chi connectivity index (χ0) is 23.6. The smallest absolute Gasteiger partial charge is 0.256 e. The van der Waals surface area contributed by atoms with Gasteiger partial charge in [0.05, 0.1) is 17.0 Å². The molecule has 0 aromatic heterocycles. The van der Waals surface area contributed by atoms with E-state index in [9.17, 15) is 34.8 Å². The second-order valence-corrected chi connectivity index (χ2v) is 8.28. The lowest BCUT2D eigenvalue weighted by Crippen LogP contribution is -2.32. The van der Waals surface area contributed by atoms with Crippen molar-refractivity contribution in [2.24, 2.45) is 11.7 Å². The summed E-state index contributed by atoms with van der Waals surface area (Å²) < 4.78 is 0. The maximum atomic E-state index is 13.5. The first kappa shape index (κ1) is 21.2. The van der Waals surface area contributed by atoms with Gasteiger partial charge in [-0.25, -0.2) is 0 Å². The quantitative estimate of drug-likeness (QED) is 0.455. The van der Waals surface area contributed by atoms with Crippen LogP contribution >= 0.6 is 0 Å². The summed E-state index contributed by atoms with van der Waals surface area (Å²) in [6.45, 7) is 1.29. The van der Waals surface area contributed by atoms with Crippen molar-refractivity contribution in [3.63, 3.8) is 0 Å². The lowest BCUT2D eigenvalue weighted by molar-refractivity contribution is 0.0924. The minimum atomic E-state index is -1.06. The molecule has 166 valence electrons. The van der Waals surface area contributed by atoms with E-state index in [0.29, 0.717) is 16.8 Å². The molecule has 1 unspecified atom stereocenters. The van der Waals surface area contributed by atoms with E-state index in [2.05, 4.69) is 0 Å². The maximum absolute atomic E-state index is 13.5. The minimum absolute atomic E-state index is 0.000192. The highest BCUT2D eigenvalue weighted by atomic mass is 16.3. The van der Waals surface area contributed by atoms with Gasteiger partial charge >= 0.3 is 0 Å². The fourth-order valence-electron chi connectivity index (χ4n) is 4.65. The fourth-order valence-corrected chi connectivity index (χ4v) is 4.65. The molecule has 32 heavy (non-hydrogen) atoms. The highest BCUT2D eigenvalue weighted by Gasteiger charge is 2.42. The van der Waals surface area contributed by atoms with Crippen LogP contribution in [-0.4, -0.2) is 52.0 Å². The van der Waals surface area contributed by atoms with Crippen molar-refractivity contribution in [3.05, 3.63) is 51.1 Å². The molecule has 0 fully saturated rings. The molecule has 4 rings (SSSR count). The van der Waals surface area contributed by atoms with Crippen molar-refractivity contribution in [2.75, 3.05) is 19.0 Å². The van der Waals surface area contributed by atoms with Gasteiger partial charge in [-0.3, -0.25) is 14.4 Å². The van der Waals surface area contributed by atoms with Gasteiger partial charge < -0.3 is 31.1 Å². The Balaban J connectivity index is 2.00. The van der Waals surface area contributed by atoms with Crippen LogP contribution < -0.4 is 10.6 Å². The summed E-state index contributed by atoms with van der Waals surface area (Å²) in [6.07, 6.45) is 0.0236. The van der Waals surface area contributed by atoms with E-state index in [-0.39, 0.29) is 40.9 Å². The number of carbonyl (C=O) groups excluding carboxylic acids is 3. The van der Waals surface area contributed by atoms with Crippen molar-refractivity contribution in [3.8, 4) is 17.2 Å². The Labute approximate surface area is 183 Å². The second kappa shape index (κ2) is 7.01. The van der Waals surface area contributed by atoms with E-state index >= 15 is 0 Å². The number of phenols is 3. The van der Waals surface area contributed by atoms with Gasteiger partial charge in [0.15, 0.2) is 11.6 Å². The molecule has 2 aromatic rings. The van der Waals surface area contributed by atoms with E-state index in [4.69, 9.17) is 5.73 Å². The van der Waals surface area contributed by atoms with Crippen molar-refractivity contribution in [1.82, 2.24) is 0 Å². The normalized spacial score (nSPS) is 16.8. The van der Waals surface area contributed by atoms with Gasteiger partial charge in [-0.1, -0.05) is 0 Å². The number of fused-ring (bicyclic) bond motifs is 3. The lowest BCUT2D eigenvalue weighted by atomic mass is 9.70. The number of allylic oxidation sites excluding steroid dienone is 1. The molecule has 9 nitrogen and oxygen atoms in total. The number of primary amides is 1. The van der Waals surface area contributed by atoms with Crippen molar-refractivity contribution < 1.29 is 34.8 Å². The van der Waals surface area contributed by atoms with Crippen LogP contribution in [-0.2, 0) is 12.8 Å². The van der Waals surface area contributed by atoms with Crippen LogP contribution in [0.15, 0.2) is 17.7 Å². The second-order valence-electron chi connectivity index (χ2n) is 8.28. The van der Waals surface area contributed by atoms with Gasteiger partial charge in [-0.2, -0.15) is 0 Å². The number of aromatic hydroxyl groups is 3. The van der Waals surface area contributed by atoms with Gasteiger partial charge in [0.2, 0.25) is 0 Å². The molecule has 0 saturated heterocycles. The third-order valence-electron chi connectivity index (χ3n) is 6.19. The van der Waals surface area contributed by atoms with Crippen LogP contribution in [0.25, 0.3) is 5.76 Å². The molecule has 2 aliphatic rings. The molecule has 0 radical (unpaired) electrons. The predicted octanol–water partition coefficient (Wildman–Crippen LogP) is 2.05. The van der Waals surface area contributed by atoms with Crippen LogP contribution in [0.4, 0.5) is 5.69 Å². The summed E-state index contributed by atoms with van der Waals surface area (Å²) in [5.74, 6) is -4.82. The number of amides is 1. The van der Waals surface area contributed by atoms with Crippen LogP contribution in [0, 0.1) is 5.92 Å². The van der Waals surface area contributed by atoms with Gasteiger partial charge in [0.25, 0.3) is 5.91 Å². The Bertz CT molecular complexity index is 1270. The highest BCUT2D eigenvalue weighted by molar-refractivity contribution is 6.11. The highest BCUT2D eigenvalue weighted by Crippen LogP contribution is 2.49. The molecule has 2 aliphatic carbocycles. The monoisotopic (exact) mass is 438 g/mol. The third-order valence-corrected chi connectivity index (χ3v) is 6.19. The Morgan fingerprint density at radius 3 is 2.28 bits per heavy atom. The maximum Gasteiger partial charge on any atom is 0.256 e. The summed E-state index contributed by atoms with van der Waals surface area (Å²) in [6, 6.07) is 2.64. The fraction of sp³-hybridized carbons (Fsp3) is 0.261. The van der Waals surface area contributed by atoms with Crippen molar-refractivity contribution in [2.45, 2.75) is 19.8 Å².